The van der Waals surface area contributed by atoms with Gasteiger partial charge in [0.15, 0.2) is 8.32 Å². The summed E-state index contributed by atoms with van der Waals surface area (Å²) in [5.41, 5.74) is 1.34. The van der Waals surface area contributed by atoms with E-state index in [2.05, 4.69) is 39.9 Å². The van der Waals surface area contributed by atoms with Crippen molar-refractivity contribution in [3.63, 3.8) is 0 Å². The maximum atomic E-state index is 12.5. The standard InChI is InChI=1S/C26H46O4Si/c1-26(2,3)31(4,5)30-24(21-12-10-11-13-21)19-17-20-16-18-23(27)22(20)14-8-6-7-9-15-25(28)29/h16,21-22,24H,6-15,17-19H2,1-5H3,(H,28,29)/t22-,24?/m1/s1. The van der Waals surface area contributed by atoms with E-state index < -0.39 is 14.3 Å². The van der Waals surface area contributed by atoms with Crippen molar-refractivity contribution in [2.45, 2.75) is 128 Å². The van der Waals surface area contributed by atoms with Crippen LogP contribution in [0.3, 0.4) is 0 Å². The van der Waals surface area contributed by atoms with E-state index >= 15 is 0 Å². The molecule has 0 aliphatic heterocycles. The number of rotatable bonds is 13. The number of carbonyl (C=O) groups is 2. The summed E-state index contributed by atoms with van der Waals surface area (Å²) in [6, 6.07) is 0. The molecule has 2 atom stereocenters. The van der Waals surface area contributed by atoms with Crippen molar-refractivity contribution in [1.82, 2.24) is 0 Å². The zero-order chi connectivity index (χ0) is 23.1. The topological polar surface area (TPSA) is 63.6 Å². The second-order valence-corrected chi connectivity index (χ2v) is 16.1. The van der Waals surface area contributed by atoms with Crippen LogP contribution in [0.5, 0.6) is 0 Å². The van der Waals surface area contributed by atoms with E-state index in [9.17, 15) is 9.59 Å². The van der Waals surface area contributed by atoms with Gasteiger partial charge in [-0.1, -0.05) is 64.5 Å². The third-order valence-electron chi connectivity index (χ3n) is 7.93. The first-order valence-electron chi connectivity index (χ1n) is 12.6. The highest BCUT2D eigenvalue weighted by Crippen LogP contribution is 2.42. The quantitative estimate of drug-likeness (QED) is 0.182. The van der Waals surface area contributed by atoms with Crippen LogP contribution < -0.4 is 0 Å². The van der Waals surface area contributed by atoms with Crippen molar-refractivity contribution in [3.05, 3.63) is 11.6 Å². The molecular weight excluding hydrogens is 404 g/mol. The summed E-state index contributed by atoms with van der Waals surface area (Å²) in [7, 11) is -1.81. The number of unbranched alkanes of at least 4 members (excludes halogenated alkanes) is 3. The van der Waals surface area contributed by atoms with E-state index in [1.165, 1.54) is 31.3 Å². The largest absolute Gasteiger partial charge is 0.481 e. The average Bonchev–Trinajstić information content (AvgIpc) is 3.31. The number of allylic oxidation sites excluding steroid dienone is 2. The molecule has 4 nitrogen and oxygen atoms in total. The highest BCUT2D eigenvalue weighted by Gasteiger charge is 2.41. The molecule has 0 spiro atoms. The number of hydrogen-bond donors (Lipinski definition) is 1. The molecule has 0 heterocycles. The molecule has 2 rings (SSSR count). The first-order valence-corrected chi connectivity index (χ1v) is 15.5. The number of aliphatic carboxylic acids is 1. The Labute approximate surface area is 191 Å². The molecule has 0 aromatic rings. The summed E-state index contributed by atoms with van der Waals surface area (Å²) in [4.78, 5) is 23.1. The van der Waals surface area contributed by atoms with Crippen LogP contribution in [0.25, 0.3) is 0 Å². The van der Waals surface area contributed by atoms with Crippen molar-refractivity contribution in [1.29, 1.82) is 0 Å². The lowest BCUT2D eigenvalue weighted by Crippen LogP contribution is -2.45. The second-order valence-electron chi connectivity index (χ2n) is 11.3. The molecule has 2 aliphatic carbocycles. The summed E-state index contributed by atoms with van der Waals surface area (Å²) in [5.74, 6) is 0.437. The van der Waals surface area contributed by atoms with Gasteiger partial charge in [0.2, 0.25) is 0 Å². The zero-order valence-electron chi connectivity index (χ0n) is 20.7. The summed E-state index contributed by atoms with van der Waals surface area (Å²) in [6.45, 7) is 11.7. The lowest BCUT2D eigenvalue weighted by molar-refractivity contribution is -0.137. The van der Waals surface area contributed by atoms with Crippen molar-refractivity contribution in [3.8, 4) is 0 Å². The van der Waals surface area contributed by atoms with Crippen molar-refractivity contribution in [2.24, 2.45) is 11.8 Å². The van der Waals surface area contributed by atoms with Crippen LogP contribution in [0.1, 0.15) is 104 Å². The molecule has 0 aromatic heterocycles. The van der Waals surface area contributed by atoms with E-state index in [-0.39, 0.29) is 17.4 Å². The first-order chi connectivity index (χ1) is 14.5. The predicted molar refractivity (Wildman–Crippen MR) is 130 cm³/mol. The number of hydrogen-bond acceptors (Lipinski definition) is 3. The molecule has 1 fully saturated rings. The van der Waals surface area contributed by atoms with Gasteiger partial charge in [-0.2, -0.15) is 0 Å². The Morgan fingerprint density at radius 1 is 1.16 bits per heavy atom. The van der Waals surface area contributed by atoms with Gasteiger partial charge in [-0.05, 0) is 62.6 Å². The SMILES string of the molecule is CC(C)(C)[Si](C)(C)OC(CCC1=CCC(=O)[C@@H]1CCCCCCC(=O)O)C1CCCC1. The van der Waals surface area contributed by atoms with Crippen molar-refractivity contribution in [2.75, 3.05) is 0 Å². The smallest absolute Gasteiger partial charge is 0.303 e. The fraction of sp³-hybridized carbons (Fsp3) is 0.846. The monoisotopic (exact) mass is 450 g/mol. The highest BCUT2D eigenvalue weighted by atomic mass is 28.4. The molecule has 1 unspecified atom stereocenters. The highest BCUT2D eigenvalue weighted by molar-refractivity contribution is 6.74. The van der Waals surface area contributed by atoms with Gasteiger partial charge in [0, 0.05) is 24.9 Å². The Bertz CT molecular complexity index is 626. The van der Waals surface area contributed by atoms with Gasteiger partial charge in [0.1, 0.15) is 5.78 Å². The molecule has 0 aromatic carbocycles. The van der Waals surface area contributed by atoms with Crippen LogP contribution in [0.2, 0.25) is 18.1 Å². The molecule has 0 bridgehead atoms. The number of carbonyl (C=O) groups excluding carboxylic acids is 1. The van der Waals surface area contributed by atoms with Crippen LogP contribution in [-0.4, -0.2) is 31.3 Å². The summed E-state index contributed by atoms with van der Waals surface area (Å²) < 4.78 is 6.93. The van der Waals surface area contributed by atoms with Gasteiger partial charge < -0.3 is 9.53 Å². The Morgan fingerprint density at radius 3 is 2.42 bits per heavy atom. The van der Waals surface area contributed by atoms with Gasteiger partial charge in [-0.25, -0.2) is 0 Å². The van der Waals surface area contributed by atoms with Crippen LogP contribution in [0.15, 0.2) is 11.6 Å². The Kier molecular flexibility index (Phi) is 10.0. The Hall–Kier alpha value is -0.943. The number of ketones is 1. The van der Waals surface area contributed by atoms with Crippen LogP contribution in [0.4, 0.5) is 0 Å². The van der Waals surface area contributed by atoms with Crippen LogP contribution in [0, 0.1) is 11.8 Å². The lowest BCUT2D eigenvalue weighted by atomic mass is 9.88. The van der Waals surface area contributed by atoms with Gasteiger partial charge in [0.05, 0.1) is 0 Å². The van der Waals surface area contributed by atoms with E-state index in [0.29, 0.717) is 24.2 Å². The fourth-order valence-electron chi connectivity index (χ4n) is 4.91. The van der Waals surface area contributed by atoms with E-state index in [1.807, 2.05) is 0 Å². The minimum absolute atomic E-state index is 0.0940. The minimum atomic E-state index is -1.81. The van der Waals surface area contributed by atoms with Gasteiger partial charge in [0.25, 0.3) is 0 Å². The van der Waals surface area contributed by atoms with Crippen LogP contribution in [-0.2, 0) is 14.0 Å². The Balaban J connectivity index is 1.88. The fourth-order valence-corrected chi connectivity index (χ4v) is 6.33. The average molecular weight is 451 g/mol. The number of carboxylic acid groups (broad SMARTS) is 1. The molecule has 0 amide bonds. The molecule has 31 heavy (non-hydrogen) atoms. The summed E-state index contributed by atoms with van der Waals surface area (Å²) in [6.07, 6.45) is 15.3. The number of Topliss-reactive ketones (excluding diaryl/α,β-unsaturated/α-hetero) is 1. The zero-order valence-corrected chi connectivity index (χ0v) is 21.7. The lowest BCUT2D eigenvalue weighted by Gasteiger charge is -2.41. The van der Waals surface area contributed by atoms with Gasteiger partial charge in [-0.3, -0.25) is 9.59 Å². The minimum Gasteiger partial charge on any atom is -0.481 e. The summed E-state index contributed by atoms with van der Waals surface area (Å²) in [5, 5.41) is 8.97. The summed E-state index contributed by atoms with van der Waals surface area (Å²) >= 11 is 0. The predicted octanol–water partition coefficient (Wildman–Crippen LogP) is 7.29. The maximum Gasteiger partial charge on any atom is 0.303 e. The molecule has 0 radical (unpaired) electrons. The molecule has 5 heteroatoms. The van der Waals surface area contributed by atoms with E-state index in [4.69, 9.17) is 9.53 Å². The van der Waals surface area contributed by atoms with Crippen molar-refractivity contribution < 1.29 is 19.1 Å². The molecule has 1 N–H and O–H groups in total. The molecule has 178 valence electrons. The third kappa shape index (κ3) is 8.16. The van der Waals surface area contributed by atoms with E-state index in [1.54, 1.807) is 0 Å². The van der Waals surface area contributed by atoms with E-state index in [0.717, 1.165) is 44.9 Å². The van der Waals surface area contributed by atoms with Gasteiger partial charge >= 0.3 is 5.97 Å². The normalized spacial score (nSPS) is 21.5. The molecule has 2 aliphatic rings. The second kappa shape index (κ2) is 11.8. The number of carboxylic acids is 1. The molecular formula is C26H46O4Si. The Morgan fingerprint density at radius 2 is 1.81 bits per heavy atom. The molecule has 0 saturated heterocycles. The third-order valence-corrected chi connectivity index (χ3v) is 12.4. The van der Waals surface area contributed by atoms with Crippen LogP contribution >= 0.6 is 0 Å². The molecule has 1 saturated carbocycles. The van der Waals surface area contributed by atoms with Gasteiger partial charge in [-0.15, -0.1) is 0 Å². The first kappa shape index (κ1) is 26.3. The maximum absolute atomic E-state index is 12.5. The van der Waals surface area contributed by atoms with Crippen molar-refractivity contribution >= 4 is 20.1 Å².